The Morgan fingerprint density at radius 1 is 0.923 bits per heavy atom. The maximum atomic E-state index is 3.43. The Balaban J connectivity index is 2.92. The van der Waals surface area contributed by atoms with Gasteiger partial charge in [-0.1, -0.05) is 27.7 Å². The minimum Gasteiger partial charge on any atom is -0.315 e. The molecular weight excluding hydrogens is 160 g/mol. The fraction of sp³-hybridized carbons (Fsp3) is 1.00. The Morgan fingerprint density at radius 2 is 1.62 bits per heavy atom. The quantitative estimate of drug-likeness (QED) is 0.567. The third kappa shape index (κ3) is 11.9. The summed E-state index contributed by atoms with van der Waals surface area (Å²) < 4.78 is 0. The molecule has 0 atom stereocenters. The Bertz CT molecular complexity index is 88.3. The molecule has 0 saturated heterocycles. The second-order valence-electron chi connectivity index (χ2n) is 4.39. The fourth-order valence-corrected chi connectivity index (χ4v) is 1.21. The molecule has 0 heterocycles. The van der Waals surface area contributed by atoms with Crippen molar-refractivity contribution >= 4 is 0 Å². The van der Waals surface area contributed by atoms with E-state index in [0.717, 1.165) is 25.6 Å². The average molecular weight is 186 g/mol. The molecule has 80 valence electrons. The summed E-state index contributed by atoms with van der Waals surface area (Å²) in [5, 5.41) is 6.82. The van der Waals surface area contributed by atoms with E-state index in [4.69, 9.17) is 0 Å². The van der Waals surface area contributed by atoms with Crippen LogP contribution >= 0.6 is 0 Å². The van der Waals surface area contributed by atoms with Gasteiger partial charge in [-0.2, -0.15) is 0 Å². The lowest BCUT2D eigenvalue weighted by molar-refractivity contribution is 0.511. The van der Waals surface area contributed by atoms with Gasteiger partial charge in [0.1, 0.15) is 0 Å². The first-order valence-corrected chi connectivity index (χ1v) is 5.57. The van der Waals surface area contributed by atoms with E-state index < -0.39 is 0 Å². The zero-order chi connectivity index (χ0) is 10.1. The van der Waals surface area contributed by atoms with E-state index in [-0.39, 0.29) is 0 Å². The van der Waals surface area contributed by atoms with Crippen LogP contribution in [0.25, 0.3) is 0 Å². The van der Waals surface area contributed by atoms with Gasteiger partial charge in [-0.25, -0.2) is 0 Å². The molecular formula is C11H26N2. The van der Waals surface area contributed by atoms with Crippen LogP contribution in [0.1, 0.15) is 40.5 Å². The normalized spacial score (nSPS) is 11.5. The molecule has 0 saturated carbocycles. The van der Waals surface area contributed by atoms with Crippen molar-refractivity contribution in [3.63, 3.8) is 0 Å². The van der Waals surface area contributed by atoms with E-state index in [1.807, 2.05) is 0 Å². The zero-order valence-electron chi connectivity index (χ0n) is 9.69. The van der Waals surface area contributed by atoms with Gasteiger partial charge in [0.05, 0.1) is 0 Å². The van der Waals surface area contributed by atoms with Crippen molar-refractivity contribution in [1.29, 1.82) is 0 Å². The van der Waals surface area contributed by atoms with Gasteiger partial charge in [-0.05, 0) is 25.3 Å². The van der Waals surface area contributed by atoms with E-state index in [2.05, 4.69) is 38.3 Å². The maximum Gasteiger partial charge on any atom is 0.00790 e. The van der Waals surface area contributed by atoms with Crippen LogP contribution in [0.3, 0.4) is 0 Å². The van der Waals surface area contributed by atoms with Crippen molar-refractivity contribution in [3.05, 3.63) is 0 Å². The molecule has 0 radical (unpaired) electrons. The Kier molecular flexibility index (Phi) is 8.46. The Labute approximate surface area is 83.5 Å². The predicted molar refractivity (Wildman–Crippen MR) is 60.1 cm³/mol. The Morgan fingerprint density at radius 3 is 2.15 bits per heavy atom. The van der Waals surface area contributed by atoms with Crippen molar-refractivity contribution in [2.45, 2.75) is 46.6 Å². The van der Waals surface area contributed by atoms with E-state index in [0.29, 0.717) is 6.04 Å². The molecule has 2 N–H and O–H groups in total. The van der Waals surface area contributed by atoms with Gasteiger partial charge in [0.15, 0.2) is 0 Å². The highest BCUT2D eigenvalue weighted by molar-refractivity contribution is 4.56. The largest absolute Gasteiger partial charge is 0.315 e. The Hall–Kier alpha value is -0.0800. The van der Waals surface area contributed by atoms with Gasteiger partial charge in [-0.3, -0.25) is 0 Å². The van der Waals surface area contributed by atoms with Crippen LogP contribution in [0.5, 0.6) is 0 Å². The standard InChI is InChI=1S/C11H26N2/c1-10(2)6-5-7-12-8-9-13-11(3)4/h10-13H,5-9H2,1-4H3. The first kappa shape index (κ1) is 12.9. The van der Waals surface area contributed by atoms with Gasteiger partial charge in [0.2, 0.25) is 0 Å². The predicted octanol–water partition coefficient (Wildman–Crippen LogP) is 2.01. The number of nitrogens with one attached hydrogen (secondary N) is 2. The van der Waals surface area contributed by atoms with Gasteiger partial charge >= 0.3 is 0 Å². The molecule has 2 nitrogen and oxygen atoms in total. The van der Waals surface area contributed by atoms with Gasteiger partial charge in [-0.15, -0.1) is 0 Å². The van der Waals surface area contributed by atoms with Crippen LogP contribution in [-0.4, -0.2) is 25.7 Å². The molecule has 0 aliphatic rings. The first-order chi connectivity index (χ1) is 6.13. The number of hydrogen-bond donors (Lipinski definition) is 2. The van der Waals surface area contributed by atoms with Crippen molar-refractivity contribution in [2.75, 3.05) is 19.6 Å². The minimum absolute atomic E-state index is 0.609. The summed E-state index contributed by atoms with van der Waals surface area (Å²) in [7, 11) is 0. The van der Waals surface area contributed by atoms with E-state index >= 15 is 0 Å². The summed E-state index contributed by atoms with van der Waals surface area (Å²) in [6.45, 7) is 12.3. The maximum absolute atomic E-state index is 3.43. The van der Waals surface area contributed by atoms with Crippen molar-refractivity contribution in [3.8, 4) is 0 Å². The van der Waals surface area contributed by atoms with Gasteiger partial charge in [0.25, 0.3) is 0 Å². The molecule has 0 fully saturated rings. The van der Waals surface area contributed by atoms with Crippen molar-refractivity contribution < 1.29 is 0 Å². The fourth-order valence-electron chi connectivity index (χ4n) is 1.21. The van der Waals surface area contributed by atoms with E-state index in [1.54, 1.807) is 0 Å². The smallest absolute Gasteiger partial charge is 0.00790 e. The molecule has 13 heavy (non-hydrogen) atoms. The minimum atomic E-state index is 0.609. The first-order valence-electron chi connectivity index (χ1n) is 5.57. The molecule has 0 aromatic carbocycles. The van der Waals surface area contributed by atoms with Crippen LogP contribution < -0.4 is 10.6 Å². The highest BCUT2D eigenvalue weighted by atomic mass is 14.9. The second kappa shape index (κ2) is 8.52. The van der Waals surface area contributed by atoms with Gasteiger partial charge < -0.3 is 10.6 Å². The summed E-state index contributed by atoms with van der Waals surface area (Å²) in [4.78, 5) is 0. The third-order valence-electron chi connectivity index (χ3n) is 1.99. The number of rotatable bonds is 8. The van der Waals surface area contributed by atoms with Crippen LogP contribution in [0.4, 0.5) is 0 Å². The lowest BCUT2D eigenvalue weighted by Gasteiger charge is -2.09. The lowest BCUT2D eigenvalue weighted by Crippen LogP contribution is -2.32. The molecule has 0 aliphatic heterocycles. The van der Waals surface area contributed by atoms with Crippen LogP contribution in [0, 0.1) is 5.92 Å². The highest BCUT2D eigenvalue weighted by Gasteiger charge is 1.94. The summed E-state index contributed by atoms with van der Waals surface area (Å²) in [5.41, 5.74) is 0. The molecule has 0 aliphatic carbocycles. The summed E-state index contributed by atoms with van der Waals surface area (Å²) >= 11 is 0. The highest BCUT2D eigenvalue weighted by Crippen LogP contribution is 2.01. The molecule has 0 spiro atoms. The third-order valence-corrected chi connectivity index (χ3v) is 1.99. The molecule has 0 aromatic rings. The molecule has 0 aromatic heterocycles. The number of hydrogen-bond acceptors (Lipinski definition) is 2. The van der Waals surface area contributed by atoms with Crippen LogP contribution in [0.15, 0.2) is 0 Å². The second-order valence-corrected chi connectivity index (χ2v) is 4.39. The van der Waals surface area contributed by atoms with Crippen molar-refractivity contribution in [1.82, 2.24) is 10.6 Å². The van der Waals surface area contributed by atoms with Crippen LogP contribution in [0.2, 0.25) is 0 Å². The summed E-state index contributed by atoms with van der Waals surface area (Å²) in [6.07, 6.45) is 2.64. The van der Waals surface area contributed by atoms with Crippen molar-refractivity contribution in [2.24, 2.45) is 5.92 Å². The lowest BCUT2D eigenvalue weighted by atomic mass is 10.1. The summed E-state index contributed by atoms with van der Waals surface area (Å²) in [6, 6.07) is 0.609. The molecule has 0 unspecified atom stereocenters. The topological polar surface area (TPSA) is 24.1 Å². The van der Waals surface area contributed by atoms with Crippen LogP contribution in [-0.2, 0) is 0 Å². The summed E-state index contributed by atoms with van der Waals surface area (Å²) in [5.74, 6) is 0.843. The monoisotopic (exact) mass is 186 g/mol. The van der Waals surface area contributed by atoms with Gasteiger partial charge in [0, 0.05) is 19.1 Å². The van der Waals surface area contributed by atoms with E-state index in [1.165, 1.54) is 12.8 Å². The zero-order valence-corrected chi connectivity index (χ0v) is 9.69. The van der Waals surface area contributed by atoms with E-state index in [9.17, 15) is 0 Å². The average Bonchev–Trinajstić information content (AvgIpc) is 2.01. The molecule has 0 bridgehead atoms. The molecule has 0 amide bonds. The SMILES string of the molecule is CC(C)CCCNCCNC(C)C. The molecule has 0 rings (SSSR count). The molecule has 2 heteroatoms.